The van der Waals surface area contributed by atoms with Crippen molar-refractivity contribution in [2.45, 2.75) is 31.3 Å². The molecule has 3 aromatic rings. The molecule has 10 heteroatoms. The maximum Gasteiger partial charge on any atom is 0.261 e. The van der Waals surface area contributed by atoms with Gasteiger partial charge in [0.25, 0.3) is 17.4 Å². The lowest BCUT2D eigenvalue weighted by Crippen LogP contribution is -2.61. The number of likely N-dealkylation sites (tertiary alicyclic amines) is 1. The van der Waals surface area contributed by atoms with Gasteiger partial charge in [-0.25, -0.2) is 0 Å². The second-order valence-corrected chi connectivity index (χ2v) is 10.8. The Kier molecular flexibility index (Phi) is 6.93. The Hall–Kier alpha value is -3.43. The molecule has 1 aliphatic carbocycles. The van der Waals surface area contributed by atoms with E-state index in [0.717, 1.165) is 12.8 Å². The summed E-state index contributed by atoms with van der Waals surface area (Å²) in [6.45, 7) is 0.854. The first kappa shape index (κ1) is 24.3. The second kappa shape index (κ2) is 10.3. The van der Waals surface area contributed by atoms with Crippen LogP contribution < -0.4 is 16.2 Å². The normalized spacial score (nSPS) is 19.5. The van der Waals surface area contributed by atoms with Crippen molar-refractivity contribution < 1.29 is 14.4 Å². The lowest BCUT2D eigenvalue weighted by molar-refractivity contribution is -0.134. The molecule has 2 fully saturated rings. The van der Waals surface area contributed by atoms with Gasteiger partial charge in [-0.15, -0.1) is 11.3 Å². The minimum Gasteiger partial charge on any atom is -0.346 e. The number of amides is 3. The van der Waals surface area contributed by atoms with Crippen molar-refractivity contribution in [3.63, 3.8) is 0 Å². The second-order valence-electron chi connectivity index (χ2n) is 9.07. The predicted molar refractivity (Wildman–Crippen MR) is 138 cm³/mol. The highest BCUT2D eigenvalue weighted by molar-refractivity contribution is 7.18. The molecule has 0 unspecified atom stereocenters. The van der Waals surface area contributed by atoms with E-state index in [-0.39, 0.29) is 35.2 Å². The summed E-state index contributed by atoms with van der Waals surface area (Å²) in [5.41, 5.74) is 0.905. The van der Waals surface area contributed by atoms with E-state index < -0.39 is 6.04 Å². The van der Waals surface area contributed by atoms with Crippen LogP contribution in [0.3, 0.4) is 0 Å². The molecule has 0 bridgehead atoms. The number of nitrogens with zero attached hydrogens (tertiary/aromatic N) is 2. The van der Waals surface area contributed by atoms with E-state index >= 15 is 0 Å². The van der Waals surface area contributed by atoms with Gasteiger partial charge in [0.1, 0.15) is 0 Å². The lowest BCUT2D eigenvalue weighted by atomic mass is 9.97. The third kappa shape index (κ3) is 5.37. The topological polar surface area (TPSA) is 101 Å². The van der Waals surface area contributed by atoms with Crippen LogP contribution in [-0.2, 0) is 4.79 Å². The van der Waals surface area contributed by atoms with Crippen molar-refractivity contribution in [2.75, 3.05) is 13.1 Å². The number of thiophene rings is 1. The average Bonchev–Trinajstić information content (AvgIpc) is 3.64. The van der Waals surface area contributed by atoms with Crippen molar-refractivity contribution in [3.05, 3.63) is 85.9 Å². The first-order valence-corrected chi connectivity index (χ1v) is 13.0. The highest BCUT2D eigenvalue weighted by Crippen LogP contribution is 2.32. The molecule has 3 heterocycles. The number of nitrogens with one attached hydrogen (secondary N) is 2. The molecule has 1 aliphatic heterocycles. The van der Waals surface area contributed by atoms with Gasteiger partial charge in [-0.2, -0.15) is 0 Å². The van der Waals surface area contributed by atoms with Crippen molar-refractivity contribution in [1.82, 2.24) is 20.1 Å². The van der Waals surface area contributed by atoms with Crippen LogP contribution in [0.4, 0.5) is 0 Å². The maximum absolute atomic E-state index is 13.1. The molecule has 186 valence electrons. The van der Waals surface area contributed by atoms with E-state index in [1.54, 1.807) is 59.6 Å². The highest BCUT2D eigenvalue weighted by atomic mass is 35.5. The van der Waals surface area contributed by atoms with Crippen LogP contribution in [0.15, 0.2) is 65.6 Å². The summed E-state index contributed by atoms with van der Waals surface area (Å²) < 4.78 is 2.02. The largest absolute Gasteiger partial charge is 0.346 e. The number of piperidine rings is 1. The molecule has 0 radical (unpaired) electrons. The molecular weight excluding hydrogens is 500 g/mol. The predicted octanol–water partition coefficient (Wildman–Crippen LogP) is 3.09. The number of carbonyl (C=O) groups is 3. The van der Waals surface area contributed by atoms with Crippen molar-refractivity contribution in [1.29, 1.82) is 0 Å². The van der Waals surface area contributed by atoms with Gasteiger partial charge in [-0.3, -0.25) is 23.7 Å². The zero-order valence-corrected chi connectivity index (χ0v) is 20.9. The van der Waals surface area contributed by atoms with Gasteiger partial charge in [0.2, 0.25) is 5.91 Å². The number of halogens is 1. The number of rotatable bonds is 6. The van der Waals surface area contributed by atoms with Crippen LogP contribution in [-0.4, -0.2) is 52.4 Å². The summed E-state index contributed by atoms with van der Waals surface area (Å²) in [4.78, 5) is 53.0. The van der Waals surface area contributed by atoms with E-state index in [1.165, 1.54) is 22.0 Å². The van der Waals surface area contributed by atoms with Gasteiger partial charge in [0.05, 0.1) is 21.3 Å². The molecule has 3 amide bonds. The van der Waals surface area contributed by atoms with Gasteiger partial charge in [-0.05, 0) is 61.7 Å². The summed E-state index contributed by atoms with van der Waals surface area (Å²) in [5, 5.41) is 6.04. The fourth-order valence-corrected chi connectivity index (χ4v) is 5.35. The number of hydrogen-bond acceptors (Lipinski definition) is 5. The Bertz CT molecular complexity index is 1350. The first-order valence-electron chi connectivity index (χ1n) is 11.8. The average molecular weight is 525 g/mol. The molecule has 2 N–H and O–H groups in total. The number of aromatic nitrogens is 1. The molecule has 1 saturated heterocycles. The smallest absolute Gasteiger partial charge is 0.261 e. The van der Waals surface area contributed by atoms with Gasteiger partial charge in [0, 0.05) is 42.5 Å². The summed E-state index contributed by atoms with van der Waals surface area (Å²) in [5.74, 6) is -0.377. The summed E-state index contributed by atoms with van der Waals surface area (Å²) in [6.07, 6.45) is 4.01. The number of hydrogen-bond donors (Lipinski definition) is 2. The molecule has 2 aliphatic rings. The zero-order chi connectivity index (χ0) is 25.2. The van der Waals surface area contributed by atoms with Crippen LogP contribution in [0.2, 0.25) is 4.34 Å². The Morgan fingerprint density at radius 1 is 0.889 bits per heavy atom. The van der Waals surface area contributed by atoms with Crippen LogP contribution in [0.5, 0.6) is 0 Å². The van der Waals surface area contributed by atoms with Crippen molar-refractivity contribution >= 4 is 40.7 Å². The van der Waals surface area contributed by atoms with E-state index in [0.29, 0.717) is 40.0 Å². The molecule has 8 nitrogen and oxygen atoms in total. The van der Waals surface area contributed by atoms with E-state index in [2.05, 4.69) is 10.6 Å². The van der Waals surface area contributed by atoms with Crippen LogP contribution in [0.25, 0.3) is 5.69 Å². The Balaban J connectivity index is 1.31. The van der Waals surface area contributed by atoms with Gasteiger partial charge < -0.3 is 15.5 Å². The minimum atomic E-state index is -0.454. The molecule has 36 heavy (non-hydrogen) atoms. The van der Waals surface area contributed by atoms with Crippen LogP contribution >= 0.6 is 22.9 Å². The highest BCUT2D eigenvalue weighted by Gasteiger charge is 2.39. The molecule has 2 aromatic heterocycles. The van der Waals surface area contributed by atoms with E-state index in [1.807, 2.05) is 0 Å². The van der Waals surface area contributed by atoms with Crippen molar-refractivity contribution in [3.8, 4) is 5.69 Å². The Labute approximate surface area is 216 Å². The standard InChI is InChI=1S/C26H25ClN4O4S/c27-22-11-10-21(36-22)25(34)28-19-12-14-30(26(35)17-4-5-17)15-20(19)29-24(33)16-6-8-18(9-7-16)31-13-2-1-3-23(31)32/h1-3,6-11,13,17,19-20H,4-5,12,14-15H2,(H,28,34)(H,29,33)/t19-,20+/m1/s1. The summed E-state index contributed by atoms with van der Waals surface area (Å²) >= 11 is 7.17. The number of carbonyl (C=O) groups excluding carboxylic acids is 3. The quantitative estimate of drug-likeness (QED) is 0.517. The first-order chi connectivity index (χ1) is 17.4. The molecule has 1 saturated carbocycles. The van der Waals surface area contributed by atoms with Gasteiger partial charge >= 0.3 is 0 Å². The van der Waals surface area contributed by atoms with E-state index in [9.17, 15) is 19.2 Å². The molecule has 5 rings (SSSR count). The monoisotopic (exact) mass is 524 g/mol. The third-order valence-electron chi connectivity index (χ3n) is 6.51. The summed E-state index contributed by atoms with van der Waals surface area (Å²) in [7, 11) is 0. The maximum atomic E-state index is 13.1. The number of benzene rings is 1. The molecule has 1 aromatic carbocycles. The molecule has 0 spiro atoms. The molecular formula is C26H25ClN4O4S. The van der Waals surface area contributed by atoms with Crippen LogP contribution in [0.1, 0.15) is 39.3 Å². The third-order valence-corrected chi connectivity index (χ3v) is 7.74. The van der Waals surface area contributed by atoms with E-state index in [4.69, 9.17) is 11.6 Å². The SMILES string of the molecule is O=C(N[C@H]1CN(C(=O)C2CC2)CC[C@H]1NC(=O)c1ccc(Cl)s1)c1ccc(-n2ccccc2=O)cc1. The number of pyridine rings is 1. The van der Waals surface area contributed by atoms with Gasteiger partial charge in [0.15, 0.2) is 0 Å². The fourth-order valence-electron chi connectivity index (χ4n) is 4.40. The molecule has 2 atom stereocenters. The fraction of sp³-hybridized carbons (Fsp3) is 0.308. The Morgan fingerprint density at radius 3 is 2.31 bits per heavy atom. The van der Waals surface area contributed by atoms with Crippen LogP contribution in [0, 0.1) is 5.92 Å². The van der Waals surface area contributed by atoms with Crippen molar-refractivity contribution in [2.24, 2.45) is 5.92 Å². The minimum absolute atomic E-state index is 0.0784. The Morgan fingerprint density at radius 2 is 1.64 bits per heavy atom. The summed E-state index contributed by atoms with van der Waals surface area (Å²) in [6, 6.07) is 14.2. The zero-order valence-electron chi connectivity index (χ0n) is 19.4. The van der Waals surface area contributed by atoms with Gasteiger partial charge in [-0.1, -0.05) is 17.7 Å². The lowest BCUT2D eigenvalue weighted by Gasteiger charge is -2.39.